The normalized spacial score (nSPS) is 11.3. The van der Waals surface area contributed by atoms with Crippen LogP contribution in [0, 0.1) is 0 Å². The minimum atomic E-state index is -3.32. The molecule has 0 atom stereocenters. The lowest BCUT2D eigenvalue weighted by Gasteiger charge is -2.11. The fourth-order valence-electron chi connectivity index (χ4n) is 3.04. The van der Waals surface area contributed by atoms with Gasteiger partial charge in [-0.3, -0.25) is 9.52 Å². The maximum Gasteiger partial charge on any atom is 0.248 e. The van der Waals surface area contributed by atoms with Gasteiger partial charge < -0.3 is 10.1 Å². The minimum Gasteiger partial charge on any atom is -0.496 e. The number of nitrogens with one attached hydrogen (secondary N) is 2. The molecule has 3 rings (SSSR count). The van der Waals surface area contributed by atoms with Gasteiger partial charge in [0.2, 0.25) is 15.9 Å². The van der Waals surface area contributed by atoms with E-state index in [0.717, 1.165) is 28.7 Å². The largest absolute Gasteiger partial charge is 0.496 e. The van der Waals surface area contributed by atoms with Gasteiger partial charge in [0.15, 0.2) is 0 Å². The minimum absolute atomic E-state index is 0.269. The van der Waals surface area contributed by atoms with Crippen LogP contribution < -0.4 is 14.8 Å². The van der Waals surface area contributed by atoms with Crippen molar-refractivity contribution in [3.8, 4) is 5.75 Å². The molecule has 31 heavy (non-hydrogen) atoms. The molecule has 0 saturated carbocycles. The van der Waals surface area contributed by atoms with Crippen molar-refractivity contribution in [3.63, 3.8) is 0 Å². The highest BCUT2D eigenvalue weighted by Gasteiger charge is 2.07. The average molecular weight is 437 g/mol. The second-order valence-electron chi connectivity index (χ2n) is 7.01. The van der Waals surface area contributed by atoms with Crippen LogP contribution in [0.1, 0.15) is 16.7 Å². The summed E-state index contributed by atoms with van der Waals surface area (Å²) >= 11 is 0. The van der Waals surface area contributed by atoms with Crippen molar-refractivity contribution in [3.05, 3.63) is 95.6 Å². The number of rotatable bonds is 8. The van der Waals surface area contributed by atoms with E-state index >= 15 is 0 Å². The van der Waals surface area contributed by atoms with E-state index in [1.807, 2.05) is 42.5 Å². The molecule has 7 heteroatoms. The van der Waals surface area contributed by atoms with Crippen molar-refractivity contribution in [2.24, 2.45) is 0 Å². The van der Waals surface area contributed by atoms with Gasteiger partial charge in [-0.15, -0.1) is 0 Å². The Morgan fingerprint density at radius 3 is 2.29 bits per heavy atom. The number of hydrogen-bond donors (Lipinski definition) is 2. The molecule has 0 aliphatic rings. The third-order valence-corrected chi connectivity index (χ3v) is 5.03. The molecule has 1 amide bonds. The lowest BCUT2D eigenvalue weighted by Crippen LogP contribution is -2.09. The number of hydrogen-bond acceptors (Lipinski definition) is 4. The Morgan fingerprint density at radius 1 is 0.968 bits per heavy atom. The molecule has 0 saturated heterocycles. The molecule has 3 aromatic rings. The summed E-state index contributed by atoms with van der Waals surface area (Å²) in [6.45, 7) is 0. The van der Waals surface area contributed by atoms with Crippen molar-refractivity contribution in [2.45, 2.75) is 6.42 Å². The first-order chi connectivity index (χ1) is 14.8. The van der Waals surface area contributed by atoms with Gasteiger partial charge in [0, 0.05) is 29.4 Å². The topological polar surface area (TPSA) is 84.5 Å². The molecule has 0 aliphatic carbocycles. The quantitative estimate of drug-likeness (QED) is 0.516. The van der Waals surface area contributed by atoms with Gasteiger partial charge in [0.05, 0.1) is 13.4 Å². The molecule has 3 aromatic carbocycles. The molecule has 0 unspecified atom stereocenters. The Hall–Kier alpha value is -3.58. The van der Waals surface area contributed by atoms with Crippen molar-refractivity contribution < 1.29 is 17.9 Å². The second-order valence-corrected chi connectivity index (χ2v) is 8.76. The van der Waals surface area contributed by atoms with Gasteiger partial charge in [0.25, 0.3) is 0 Å². The smallest absolute Gasteiger partial charge is 0.248 e. The van der Waals surface area contributed by atoms with Gasteiger partial charge in [-0.25, -0.2) is 8.42 Å². The molecule has 6 nitrogen and oxygen atoms in total. The van der Waals surface area contributed by atoms with Crippen molar-refractivity contribution in [1.82, 2.24) is 0 Å². The number of amides is 1. The number of benzene rings is 3. The zero-order valence-electron chi connectivity index (χ0n) is 17.3. The van der Waals surface area contributed by atoms with Gasteiger partial charge in [-0.05, 0) is 47.5 Å². The van der Waals surface area contributed by atoms with Gasteiger partial charge in [0.1, 0.15) is 5.75 Å². The van der Waals surface area contributed by atoms with E-state index in [1.165, 1.54) is 6.08 Å². The summed E-state index contributed by atoms with van der Waals surface area (Å²) in [6.07, 6.45) is 4.88. The number of carbonyl (C=O) groups excluding carboxylic acids is 1. The fourth-order valence-corrected chi connectivity index (χ4v) is 3.61. The monoisotopic (exact) mass is 436 g/mol. The Labute approximate surface area is 182 Å². The first kappa shape index (κ1) is 22.1. The van der Waals surface area contributed by atoms with E-state index < -0.39 is 10.0 Å². The SMILES string of the molecule is COc1ccc(NC(=O)/C=C/c2ccc(NS(C)(=O)=O)cc2)cc1Cc1ccccc1. The van der Waals surface area contributed by atoms with Crippen LogP contribution >= 0.6 is 0 Å². The highest BCUT2D eigenvalue weighted by atomic mass is 32.2. The summed E-state index contributed by atoms with van der Waals surface area (Å²) in [6, 6.07) is 22.3. The zero-order chi connectivity index (χ0) is 22.3. The fraction of sp³-hybridized carbons (Fsp3) is 0.125. The average Bonchev–Trinajstić information content (AvgIpc) is 2.73. The Kier molecular flexibility index (Phi) is 7.10. The van der Waals surface area contributed by atoms with E-state index in [0.29, 0.717) is 17.8 Å². The van der Waals surface area contributed by atoms with Crippen LogP contribution in [-0.4, -0.2) is 27.7 Å². The summed E-state index contributed by atoms with van der Waals surface area (Å²) in [5.74, 6) is 0.495. The summed E-state index contributed by atoms with van der Waals surface area (Å²) in [7, 11) is -1.69. The van der Waals surface area contributed by atoms with Crippen LogP contribution in [0.4, 0.5) is 11.4 Å². The predicted molar refractivity (Wildman–Crippen MR) is 125 cm³/mol. The van der Waals surface area contributed by atoms with E-state index in [-0.39, 0.29) is 5.91 Å². The predicted octanol–water partition coefficient (Wildman–Crippen LogP) is 4.31. The summed E-state index contributed by atoms with van der Waals surface area (Å²) in [5.41, 5.74) is 4.04. The number of carbonyl (C=O) groups is 1. The molecular formula is C24H24N2O4S. The summed E-state index contributed by atoms with van der Waals surface area (Å²) in [5, 5.41) is 2.86. The second kappa shape index (κ2) is 9.95. The molecule has 0 heterocycles. The summed E-state index contributed by atoms with van der Waals surface area (Å²) in [4.78, 5) is 12.3. The molecule has 0 fully saturated rings. The molecule has 0 aliphatic heterocycles. The maximum absolute atomic E-state index is 12.3. The van der Waals surface area contributed by atoms with Crippen LogP contribution in [0.25, 0.3) is 6.08 Å². The Morgan fingerprint density at radius 2 is 1.65 bits per heavy atom. The number of sulfonamides is 1. The van der Waals surface area contributed by atoms with Gasteiger partial charge >= 0.3 is 0 Å². The highest BCUT2D eigenvalue weighted by molar-refractivity contribution is 7.92. The van der Waals surface area contributed by atoms with E-state index in [1.54, 1.807) is 43.5 Å². The van der Waals surface area contributed by atoms with E-state index in [9.17, 15) is 13.2 Å². The molecule has 160 valence electrons. The Bertz CT molecular complexity index is 1170. The molecule has 0 bridgehead atoms. The number of methoxy groups -OCH3 is 1. The third kappa shape index (κ3) is 7.01. The maximum atomic E-state index is 12.3. The lowest BCUT2D eigenvalue weighted by atomic mass is 10.0. The van der Waals surface area contributed by atoms with Crippen molar-refractivity contribution in [1.29, 1.82) is 0 Å². The molecule has 0 radical (unpaired) electrons. The number of ether oxygens (including phenoxy) is 1. The standard InChI is InChI=1S/C24H24N2O4S/c1-30-23-14-13-22(17-20(23)16-19-6-4-3-5-7-19)25-24(27)15-10-18-8-11-21(12-9-18)26-31(2,28)29/h3-15,17,26H,16H2,1-2H3,(H,25,27)/b15-10+. The Balaban J connectivity index is 1.66. The highest BCUT2D eigenvalue weighted by Crippen LogP contribution is 2.25. The van der Waals surface area contributed by atoms with Crippen molar-refractivity contribution >= 4 is 33.4 Å². The number of anilines is 2. The first-order valence-electron chi connectivity index (χ1n) is 9.60. The van der Waals surface area contributed by atoms with Gasteiger partial charge in [-0.1, -0.05) is 42.5 Å². The first-order valence-corrected chi connectivity index (χ1v) is 11.5. The zero-order valence-corrected chi connectivity index (χ0v) is 18.1. The van der Waals surface area contributed by atoms with Crippen LogP contribution in [0.2, 0.25) is 0 Å². The molecule has 0 aromatic heterocycles. The molecular weight excluding hydrogens is 412 g/mol. The van der Waals surface area contributed by atoms with Crippen LogP contribution in [0.3, 0.4) is 0 Å². The van der Waals surface area contributed by atoms with Gasteiger partial charge in [-0.2, -0.15) is 0 Å². The van der Waals surface area contributed by atoms with E-state index in [4.69, 9.17) is 4.74 Å². The van der Waals surface area contributed by atoms with Crippen LogP contribution in [0.15, 0.2) is 78.9 Å². The van der Waals surface area contributed by atoms with Crippen LogP contribution in [-0.2, 0) is 21.2 Å². The lowest BCUT2D eigenvalue weighted by molar-refractivity contribution is -0.111. The molecule has 2 N–H and O–H groups in total. The van der Waals surface area contributed by atoms with Crippen LogP contribution in [0.5, 0.6) is 5.75 Å². The molecule has 0 spiro atoms. The van der Waals surface area contributed by atoms with E-state index in [2.05, 4.69) is 10.0 Å². The third-order valence-electron chi connectivity index (χ3n) is 4.43. The summed E-state index contributed by atoms with van der Waals surface area (Å²) < 4.78 is 30.4. The van der Waals surface area contributed by atoms with Crippen molar-refractivity contribution in [2.75, 3.05) is 23.4 Å².